The summed E-state index contributed by atoms with van der Waals surface area (Å²) < 4.78 is 10.4. The van der Waals surface area contributed by atoms with Crippen molar-refractivity contribution in [3.05, 3.63) is 35.9 Å². The highest BCUT2D eigenvalue weighted by molar-refractivity contribution is 5.85. The zero-order valence-electron chi connectivity index (χ0n) is 12.9. The number of methoxy groups -OCH3 is 1. The van der Waals surface area contributed by atoms with Crippen LogP contribution in [0.5, 0.6) is 0 Å². The Morgan fingerprint density at radius 1 is 1.45 bits per heavy atom. The van der Waals surface area contributed by atoms with Crippen LogP contribution in [0.15, 0.2) is 30.3 Å². The summed E-state index contributed by atoms with van der Waals surface area (Å²) in [7, 11) is 1.56. The minimum absolute atomic E-state index is 0. The van der Waals surface area contributed by atoms with Crippen molar-refractivity contribution in [1.29, 1.82) is 0 Å². The fourth-order valence-electron chi connectivity index (χ4n) is 2.60. The standard InChI is InChI=1S/C16H24N2O3.ClH/c1-20-12-15(17)16(19)18(14-8-10-21-11-14)9-7-13-5-3-2-4-6-13;/h2-6,14-15H,7-12,17H2,1H3;1H. The Bertz CT molecular complexity index is 438. The van der Waals surface area contributed by atoms with Crippen molar-refractivity contribution in [2.45, 2.75) is 24.9 Å². The summed E-state index contributed by atoms with van der Waals surface area (Å²) in [6.45, 7) is 2.21. The number of carbonyl (C=O) groups excluding carboxylic acids is 1. The number of ether oxygens (including phenoxy) is 2. The van der Waals surface area contributed by atoms with E-state index in [-0.39, 0.29) is 31.0 Å². The predicted octanol–water partition coefficient (Wildman–Crippen LogP) is 1.24. The number of nitrogens with two attached hydrogens (primary N) is 1. The fourth-order valence-corrected chi connectivity index (χ4v) is 2.60. The van der Waals surface area contributed by atoms with Crippen LogP contribution in [0.25, 0.3) is 0 Å². The molecule has 2 N–H and O–H groups in total. The second-order valence-corrected chi connectivity index (χ2v) is 5.35. The smallest absolute Gasteiger partial charge is 0.242 e. The Morgan fingerprint density at radius 2 is 2.18 bits per heavy atom. The molecule has 1 aromatic rings. The van der Waals surface area contributed by atoms with Crippen molar-refractivity contribution in [2.24, 2.45) is 5.73 Å². The van der Waals surface area contributed by atoms with E-state index in [4.69, 9.17) is 15.2 Å². The van der Waals surface area contributed by atoms with Crippen LogP contribution in [0.3, 0.4) is 0 Å². The number of amides is 1. The molecule has 0 aliphatic carbocycles. The van der Waals surface area contributed by atoms with E-state index >= 15 is 0 Å². The average molecular weight is 329 g/mol. The molecule has 0 spiro atoms. The largest absolute Gasteiger partial charge is 0.383 e. The Kier molecular flexibility index (Phi) is 8.42. The van der Waals surface area contributed by atoms with E-state index in [2.05, 4.69) is 12.1 Å². The highest BCUT2D eigenvalue weighted by Crippen LogP contribution is 2.15. The molecule has 1 aromatic carbocycles. The summed E-state index contributed by atoms with van der Waals surface area (Å²) in [6.07, 6.45) is 1.70. The summed E-state index contributed by atoms with van der Waals surface area (Å²) in [6, 6.07) is 9.68. The molecule has 2 rings (SSSR count). The van der Waals surface area contributed by atoms with E-state index in [0.717, 1.165) is 12.8 Å². The van der Waals surface area contributed by atoms with Gasteiger partial charge in [-0.15, -0.1) is 12.4 Å². The van der Waals surface area contributed by atoms with Gasteiger partial charge in [0.15, 0.2) is 0 Å². The van der Waals surface area contributed by atoms with E-state index in [1.54, 1.807) is 7.11 Å². The van der Waals surface area contributed by atoms with Gasteiger partial charge in [0, 0.05) is 20.3 Å². The van der Waals surface area contributed by atoms with Gasteiger partial charge in [-0.25, -0.2) is 0 Å². The first kappa shape index (κ1) is 18.9. The summed E-state index contributed by atoms with van der Waals surface area (Å²) in [5.41, 5.74) is 7.13. The van der Waals surface area contributed by atoms with Gasteiger partial charge in [-0.2, -0.15) is 0 Å². The van der Waals surface area contributed by atoms with Gasteiger partial charge in [0.05, 0.1) is 19.3 Å². The molecular formula is C16H25ClN2O3. The van der Waals surface area contributed by atoms with Gasteiger partial charge in [0.2, 0.25) is 5.91 Å². The number of rotatable bonds is 7. The van der Waals surface area contributed by atoms with Crippen LogP contribution in [-0.2, 0) is 20.7 Å². The Hall–Kier alpha value is -1.14. The summed E-state index contributed by atoms with van der Waals surface area (Å²) in [5.74, 6) is -0.0525. The summed E-state index contributed by atoms with van der Waals surface area (Å²) in [4.78, 5) is 14.4. The van der Waals surface area contributed by atoms with Crippen LogP contribution in [0.4, 0.5) is 0 Å². The van der Waals surface area contributed by atoms with Gasteiger partial charge in [0.25, 0.3) is 0 Å². The number of carbonyl (C=O) groups is 1. The molecule has 2 atom stereocenters. The molecule has 0 aromatic heterocycles. The van der Waals surface area contributed by atoms with Crippen molar-refractivity contribution in [3.8, 4) is 0 Å². The number of nitrogens with zero attached hydrogens (tertiary/aromatic N) is 1. The molecule has 124 valence electrons. The third kappa shape index (κ3) is 5.25. The number of benzene rings is 1. The van der Waals surface area contributed by atoms with Crippen LogP contribution >= 0.6 is 12.4 Å². The minimum Gasteiger partial charge on any atom is -0.383 e. The lowest BCUT2D eigenvalue weighted by molar-refractivity contribution is -0.136. The second kappa shape index (κ2) is 9.79. The maximum Gasteiger partial charge on any atom is 0.242 e. The quantitative estimate of drug-likeness (QED) is 0.818. The van der Waals surface area contributed by atoms with Crippen LogP contribution in [0.1, 0.15) is 12.0 Å². The van der Waals surface area contributed by atoms with Gasteiger partial charge >= 0.3 is 0 Å². The van der Waals surface area contributed by atoms with Gasteiger partial charge in [0.1, 0.15) is 6.04 Å². The monoisotopic (exact) mass is 328 g/mol. The number of halogens is 1. The first-order valence-corrected chi connectivity index (χ1v) is 7.39. The molecule has 1 aliphatic heterocycles. The van der Waals surface area contributed by atoms with Crippen LogP contribution in [0, 0.1) is 0 Å². The van der Waals surface area contributed by atoms with Crippen molar-refractivity contribution >= 4 is 18.3 Å². The first-order chi connectivity index (χ1) is 10.2. The van der Waals surface area contributed by atoms with Crippen molar-refractivity contribution < 1.29 is 14.3 Å². The second-order valence-electron chi connectivity index (χ2n) is 5.35. The van der Waals surface area contributed by atoms with E-state index in [1.807, 2.05) is 23.1 Å². The molecule has 22 heavy (non-hydrogen) atoms. The topological polar surface area (TPSA) is 64.8 Å². The molecule has 1 fully saturated rings. The molecule has 1 saturated heterocycles. The van der Waals surface area contributed by atoms with E-state index in [0.29, 0.717) is 19.8 Å². The van der Waals surface area contributed by atoms with Crippen molar-refractivity contribution in [3.63, 3.8) is 0 Å². The molecule has 2 unspecified atom stereocenters. The Morgan fingerprint density at radius 3 is 2.77 bits per heavy atom. The zero-order valence-corrected chi connectivity index (χ0v) is 13.8. The number of hydrogen-bond acceptors (Lipinski definition) is 4. The molecule has 1 aliphatic rings. The predicted molar refractivity (Wildman–Crippen MR) is 88.2 cm³/mol. The highest BCUT2D eigenvalue weighted by Gasteiger charge is 2.30. The first-order valence-electron chi connectivity index (χ1n) is 7.39. The fraction of sp³-hybridized carbons (Fsp3) is 0.562. The lowest BCUT2D eigenvalue weighted by Gasteiger charge is -2.30. The van der Waals surface area contributed by atoms with Crippen molar-refractivity contribution in [2.75, 3.05) is 33.5 Å². The maximum absolute atomic E-state index is 12.5. The maximum atomic E-state index is 12.5. The lowest BCUT2D eigenvalue weighted by Crippen LogP contribution is -2.51. The van der Waals surface area contributed by atoms with Crippen LogP contribution in [-0.4, -0.2) is 56.4 Å². The van der Waals surface area contributed by atoms with Crippen LogP contribution < -0.4 is 5.73 Å². The van der Waals surface area contributed by atoms with Crippen molar-refractivity contribution in [1.82, 2.24) is 4.90 Å². The van der Waals surface area contributed by atoms with E-state index < -0.39 is 6.04 Å². The number of hydrogen-bond donors (Lipinski definition) is 1. The summed E-state index contributed by atoms with van der Waals surface area (Å²) in [5, 5.41) is 0. The third-order valence-electron chi connectivity index (χ3n) is 3.78. The molecule has 1 amide bonds. The van der Waals surface area contributed by atoms with Gasteiger partial charge in [-0.3, -0.25) is 4.79 Å². The van der Waals surface area contributed by atoms with Gasteiger partial charge in [-0.1, -0.05) is 30.3 Å². The summed E-state index contributed by atoms with van der Waals surface area (Å²) >= 11 is 0. The zero-order chi connectivity index (χ0) is 15.1. The molecule has 6 heteroatoms. The average Bonchev–Trinajstić information content (AvgIpc) is 3.03. The lowest BCUT2D eigenvalue weighted by atomic mass is 10.1. The Labute approximate surface area is 138 Å². The van der Waals surface area contributed by atoms with Crippen LogP contribution in [0.2, 0.25) is 0 Å². The normalized spacial score (nSPS) is 18.5. The molecular weight excluding hydrogens is 304 g/mol. The van der Waals surface area contributed by atoms with E-state index in [9.17, 15) is 4.79 Å². The van der Waals surface area contributed by atoms with Gasteiger partial charge in [-0.05, 0) is 18.4 Å². The SMILES string of the molecule is COCC(N)C(=O)N(CCc1ccccc1)C1CCOC1.Cl. The molecule has 5 nitrogen and oxygen atoms in total. The highest BCUT2D eigenvalue weighted by atomic mass is 35.5. The van der Waals surface area contributed by atoms with Gasteiger partial charge < -0.3 is 20.1 Å². The van der Waals surface area contributed by atoms with E-state index in [1.165, 1.54) is 5.56 Å². The molecule has 0 saturated carbocycles. The molecule has 0 radical (unpaired) electrons. The third-order valence-corrected chi connectivity index (χ3v) is 3.78. The minimum atomic E-state index is -0.605. The molecule has 0 bridgehead atoms. The Balaban J connectivity index is 0.00000242. The molecule has 1 heterocycles.